The predicted molar refractivity (Wildman–Crippen MR) is 55.9 cm³/mol. The van der Waals surface area contributed by atoms with E-state index in [9.17, 15) is 18.0 Å². The van der Waals surface area contributed by atoms with Crippen LogP contribution in [0.15, 0.2) is 0 Å². The topological polar surface area (TPSA) is 70.1 Å². The van der Waals surface area contributed by atoms with Gasteiger partial charge in [0.05, 0.1) is 6.07 Å². The van der Waals surface area contributed by atoms with Crippen LogP contribution >= 0.6 is 0 Å². The zero-order chi connectivity index (χ0) is 13.9. The van der Waals surface area contributed by atoms with Gasteiger partial charge in [-0.05, 0) is 11.3 Å². The van der Waals surface area contributed by atoms with Gasteiger partial charge in [-0.15, -0.1) is 0 Å². The van der Waals surface area contributed by atoms with E-state index in [2.05, 4.69) is 0 Å². The number of nitriles is 1. The van der Waals surface area contributed by atoms with Crippen LogP contribution in [0, 0.1) is 28.6 Å². The molecule has 1 heterocycles. The van der Waals surface area contributed by atoms with Crippen LogP contribution in [-0.2, 0) is 4.79 Å². The number of carbonyl (C=O) groups excluding carboxylic acids is 1. The SMILES string of the molecule is CC1(C)[C@H]2[C@@H](C#N)N(C(=O)[C@@H](N)C(F)(F)F)C[C@H]21. The normalized spacial score (nSPS) is 34.7. The second-order valence-electron chi connectivity index (χ2n) is 5.54. The number of amides is 1. The van der Waals surface area contributed by atoms with E-state index in [1.807, 2.05) is 19.9 Å². The maximum atomic E-state index is 12.4. The number of fused-ring (bicyclic) bond motifs is 1. The van der Waals surface area contributed by atoms with E-state index in [0.29, 0.717) is 0 Å². The number of nitrogens with zero attached hydrogens (tertiary/aromatic N) is 2. The molecule has 4 atom stereocenters. The quantitative estimate of drug-likeness (QED) is 0.761. The van der Waals surface area contributed by atoms with E-state index in [1.54, 1.807) is 0 Å². The van der Waals surface area contributed by atoms with Gasteiger partial charge < -0.3 is 10.6 Å². The Kier molecular flexibility index (Phi) is 2.63. The number of hydrogen-bond donors (Lipinski definition) is 1. The molecule has 2 aliphatic rings. The van der Waals surface area contributed by atoms with Crippen molar-refractivity contribution in [2.75, 3.05) is 6.54 Å². The minimum atomic E-state index is -4.76. The third-order valence-electron chi connectivity index (χ3n) is 4.24. The van der Waals surface area contributed by atoms with Crippen LogP contribution < -0.4 is 5.73 Å². The van der Waals surface area contributed by atoms with Crippen LogP contribution in [0.1, 0.15) is 13.8 Å². The van der Waals surface area contributed by atoms with Crippen LogP contribution in [0.5, 0.6) is 0 Å². The Morgan fingerprint density at radius 1 is 1.56 bits per heavy atom. The van der Waals surface area contributed by atoms with Gasteiger partial charge in [-0.3, -0.25) is 4.79 Å². The Morgan fingerprint density at radius 3 is 2.56 bits per heavy atom. The smallest absolute Gasteiger partial charge is 0.324 e. The molecule has 0 aromatic heterocycles. The van der Waals surface area contributed by atoms with Gasteiger partial charge in [-0.2, -0.15) is 18.4 Å². The molecule has 1 aliphatic heterocycles. The van der Waals surface area contributed by atoms with Crippen molar-refractivity contribution in [3.8, 4) is 6.07 Å². The average Bonchev–Trinajstić information content (AvgIpc) is 2.64. The molecule has 7 heteroatoms. The molecule has 0 unspecified atom stereocenters. The molecular formula is C11H14F3N3O. The molecule has 1 aliphatic carbocycles. The van der Waals surface area contributed by atoms with Crippen molar-refractivity contribution in [1.82, 2.24) is 4.90 Å². The molecule has 1 saturated heterocycles. The van der Waals surface area contributed by atoms with Gasteiger partial charge in [0.2, 0.25) is 5.91 Å². The monoisotopic (exact) mass is 261 g/mol. The zero-order valence-corrected chi connectivity index (χ0v) is 10.0. The second-order valence-corrected chi connectivity index (χ2v) is 5.54. The Morgan fingerprint density at radius 2 is 2.11 bits per heavy atom. The van der Waals surface area contributed by atoms with Crippen molar-refractivity contribution in [2.24, 2.45) is 23.0 Å². The number of hydrogen-bond acceptors (Lipinski definition) is 3. The molecule has 1 saturated carbocycles. The summed E-state index contributed by atoms with van der Waals surface area (Å²) in [6.45, 7) is 4.11. The van der Waals surface area contributed by atoms with Crippen LogP contribution in [0.2, 0.25) is 0 Å². The summed E-state index contributed by atoms with van der Waals surface area (Å²) in [4.78, 5) is 12.7. The average molecular weight is 261 g/mol. The van der Waals surface area contributed by atoms with E-state index in [-0.39, 0.29) is 23.8 Å². The van der Waals surface area contributed by atoms with E-state index in [1.165, 1.54) is 0 Å². The highest BCUT2D eigenvalue weighted by Gasteiger charge is 2.68. The molecule has 0 spiro atoms. The van der Waals surface area contributed by atoms with Crippen LogP contribution in [0.4, 0.5) is 13.2 Å². The van der Waals surface area contributed by atoms with Gasteiger partial charge >= 0.3 is 6.18 Å². The summed E-state index contributed by atoms with van der Waals surface area (Å²) in [6, 6.07) is -1.39. The molecule has 0 aromatic carbocycles. The molecule has 2 N–H and O–H groups in total. The Bertz CT molecular complexity index is 426. The zero-order valence-electron chi connectivity index (χ0n) is 10.0. The molecular weight excluding hydrogens is 247 g/mol. The standard InChI is InChI=1S/C11H14F3N3O/c1-10(2)5-4-17(6(3-15)7(5)10)9(18)8(16)11(12,13)14/h5-8H,4,16H2,1-2H3/t5-,6-,7-,8-/m1/s1. The minimum Gasteiger partial charge on any atom is -0.324 e. The molecule has 4 nitrogen and oxygen atoms in total. The van der Waals surface area contributed by atoms with E-state index >= 15 is 0 Å². The Labute approximate surface area is 103 Å². The maximum Gasteiger partial charge on any atom is 0.412 e. The van der Waals surface area contributed by atoms with Gasteiger partial charge in [0, 0.05) is 12.5 Å². The lowest BCUT2D eigenvalue weighted by Gasteiger charge is -2.29. The van der Waals surface area contributed by atoms with Crippen LogP contribution in [0.25, 0.3) is 0 Å². The van der Waals surface area contributed by atoms with Crippen molar-refractivity contribution < 1.29 is 18.0 Å². The van der Waals surface area contributed by atoms with E-state index < -0.39 is 24.2 Å². The third-order valence-corrected chi connectivity index (χ3v) is 4.24. The van der Waals surface area contributed by atoms with Crippen molar-refractivity contribution in [1.29, 1.82) is 5.26 Å². The molecule has 2 rings (SSSR count). The molecule has 0 radical (unpaired) electrons. The van der Waals surface area contributed by atoms with Crippen molar-refractivity contribution >= 4 is 5.91 Å². The van der Waals surface area contributed by atoms with Gasteiger partial charge in [-0.1, -0.05) is 13.8 Å². The molecule has 1 amide bonds. The van der Waals surface area contributed by atoms with Gasteiger partial charge in [0.15, 0.2) is 6.04 Å². The Balaban J connectivity index is 2.14. The van der Waals surface area contributed by atoms with Crippen LogP contribution in [-0.4, -0.2) is 35.6 Å². The van der Waals surface area contributed by atoms with E-state index in [4.69, 9.17) is 11.0 Å². The van der Waals surface area contributed by atoms with Crippen molar-refractivity contribution in [3.05, 3.63) is 0 Å². The largest absolute Gasteiger partial charge is 0.412 e. The maximum absolute atomic E-state index is 12.4. The van der Waals surface area contributed by atoms with Crippen molar-refractivity contribution in [3.63, 3.8) is 0 Å². The number of carbonyl (C=O) groups is 1. The molecule has 18 heavy (non-hydrogen) atoms. The number of halogens is 3. The molecule has 100 valence electrons. The van der Waals surface area contributed by atoms with Crippen LogP contribution in [0.3, 0.4) is 0 Å². The summed E-state index contributed by atoms with van der Waals surface area (Å²) in [7, 11) is 0. The number of nitrogens with two attached hydrogens (primary N) is 1. The highest BCUT2D eigenvalue weighted by Crippen LogP contribution is 2.64. The van der Waals surface area contributed by atoms with Gasteiger partial charge in [0.1, 0.15) is 6.04 Å². The lowest BCUT2D eigenvalue weighted by atomic mass is 10.0. The summed E-state index contributed by atoms with van der Waals surface area (Å²) in [5.41, 5.74) is 4.82. The number of piperidine rings is 1. The summed E-state index contributed by atoms with van der Waals surface area (Å²) in [5.74, 6) is -1.13. The van der Waals surface area contributed by atoms with Gasteiger partial charge in [0.25, 0.3) is 0 Å². The minimum absolute atomic E-state index is 0.0353. The first-order valence-electron chi connectivity index (χ1n) is 5.64. The van der Waals surface area contributed by atoms with Gasteiger partial charge in [-0.25, -0.2) is 0 Å². The molecule has 0 aromatic rings. The molecule has 0 bridgehead atoms. The van der Waals surface area contributed by atoms with E-state index in [0.717, 1.165) is 4.90 Å². The summed E-state index contributed by atoms with van der Waals surface area (Å²) in [6.07, 6.45) is -4.76. The first-order chi connectivity index (χ1) is 8.12. The second kappa shape index (κ2) is 3.60. The number of rotatable bonds is 1. The third kappa shape index (κ3) is 1.67. The summed E-state index contributed by atoms with van der Waals surface area (Å²) in [5, 5.41) is 9.03. The first-order valence-corrected chi connectivity index (χ1v) is 5.64. The van der Waals surface area contributed by atoms with Crippen molar-refractivity contribution in [2.45, 2.75) is 32.1 Å². The summed E-state index contributed by atoms with van der Waals surface area (Å²) < 4.78 is 37.2. The molecule has 2 fully saturated rings. The number of likely N-dealkylation sites (tertiary alicyclic amines) is 1. The predicted octanol–water partition coefficient (Wildman–Crippen LogP) is 0.883. The lowest BCUT2D eigenvalue weighted by molar-refractivity contribution is -0.170. The fraction of sp³-hybridized carbons (Fsp3) is 0.818. The lowest BCUT2D eigenvalue weighted by Crippen LogP contribution is -2.54. The fourth-order valence-corrected chi connectivity index (χ4v) is 2.98. The first kappa shape index (κ1) is 13.1. The highest BCUT2D eigenvalue weighted by molar-refractivity contribution is 5.83. The number of alkyl halides is 3. The Hall–Kier alpha value is -1.29. The summed E-state index contributed by atoms with van der Waals surface area (Å²) >= 11 is 0. The fourth-order valence-electron chi connectivity index (χ4n) is 2.98. The highest BCUT2D eigenvalue weighted by atomic mass is 19.4.